The molecule has 5 N–H and O–H groups in total. The molecule has 2 aliphatic heterocycles. The van der Waals surface area contributed by atoms with Crippen molar-refractivity contribution in [1.29, 1.82) is 0 Å². The molecule has 2 heterocycles. The highest BCUT2D eigenvalue weighted by Crippen LogP contribution is 2.34. The number of hydrogen-bond donors (Lipinski definition) is 4. The number of amides is 6. The van der Waals surface area contributed by atoms with Crippen molar-refractivity contribution >= 4 is 41.3 Å². The number of likely N-dealkylation sites (tertiary alicyclic amines) is 1. The Balaban J connectivity index is 1.51. The van der Waals surface area contributed by atoms with Crippen molar-refractivity contribution in [3.05, 3.63) is 42.0 Å². The summed E-state index contributed by atoms with van der Waals surface area (Å²) in [6.07, 6.45) is 8.29. The van der Waals surface area contributed by atoms with Gasteiger partial charge < -0.3 is 31.3 Å². The molecule has 0 saturated carbocycles. The molecular formula is C40H62N6O7. The number of carbonyl (C=O) groups is 6. The quantitative estimate of drug-likeness (QED) is 0.0996. The highest BCUT2D eigenvalue weighted by atomic mass is 16.6. The fourth-order valence-corrected chi connectivity index (χ4v) is 6.94. The van der Waals surface area contributed by atoms with Gasteiger partial charge in [-0.25, -0.2) is 9.59 Å². The van der Waals surface area contributed by atoms with Gasteiger partial charge in [-0.3, -0.25) is 24.1 Å². The van der Waals surface area contributed by atoms with Gasteiger partial charge in [0.15, 0.2) is 5.78 Å². The number of hydrogen-bond acceptors (Lipinski definition) is 8. The summed E-state index contributed by atoms with van der Waals surface area (Å²) < 4.78 is 5.58. The molecule has 0 aromatic heterocycles. The Bertz CT molecular complexity index is 1410. The van der Waals surface area contributed by atoms with Crippen LogP contribution in [0, 0.1) is 23.2 Å². The number of urea groups is 1. The van der Waals surface area contributed by atoms with Crippen molar-refractivity contribution in [2.45, 2.75) is 118 Å². The molecular weight excluding hydrogens is 676 g/mol. The molecule has 0 radical (unpaired) electrons. The topological polar surface area (TPSA) is 180 Å². The Morgan fingerprint density at radius 2 is 1.55 bits per heavy atom. The highest BCUT2D eigenvalue weighted by Gasteiger charge is 2.32. The molecule has 53 heavy (non-hydrogen) atoms. The number of anilines is 1. The maximum Gasteiger partial charge on any atom is 0.410 e. The highest BCUT2D eigenvalue weighted by molar-refractivity contribution is 6.12. The third-order valence-corrected chi connectivity index (χ3v) is 10.3. The monoisotopic (exact) mass is 738 g/mol. The molecule has 1 unspecified atom stereocenters. The largest absolute Gasteiger partial charge is 0.445 e. The lowest BCUT2D eigenvalue weighted by atomic mass is 9.75. The van der Waals surface area contributed by atoms with Crippen LogP contribution in [0.1, 0.15) is 105 Å². The van der Waals surface area contributed by atoms with E-state index in [1.807, 2.05) is 20.8 Å². The first kappa shape index (κ1) is 43.1. The number of piperidine rings is 1. The van der Waals surface area contributed by atoms with Crippen LogP contribution < -0.4 is 21.7 Å². The number of carbonyl (C=O) groups excluding carboxylic acids is 6. The second-order valence-corrected chi connectivity index (χ2v) is 16.0. The van der Waals surface area contributed by atoms with Crippen LogP contribution in [0.2, 0.25) is 0 Å². The number of nitrogens with zero attached hydrogens (tertiary/aromatic N) is 2. The Kier molecular flexibility index (Phi) is 17.0. The van der Waals surface area contributed by atoms with E-state index in [1.165, 1.54) is 17.1 Å². The Morgan fingerprint density at radius 3 is 2.13 bits per heavy atom. The first-order valence-electron chi connectivity index (χ1n) is 19.2. The number of primary amides is 1. The normalized spacial score (nSPS) is 16.8. The number of Topliss-reactive ketones (excluding diaryl/α,β-unsaturated/α-hetero) is 1. The van der Waals surface area contributed by atoms with Crippen molar-refractivity contribution in [3.8, 4) is 0 Å². The van der Waals surface area contributed by atoms with E-state index in [0.717, 1.165) is 37.7 Å². The Morgan fingerprint density at radius 1 is 0.906 bits per heavy atom. The average Bonchev–Trinajstić information content (AvgIpc) is 3.43. The summed E-state index contributed by atoms with van der Waals surface area (Å²) in [5.74, 6) is -0.963. The van der Waals surface area contributed by atoms with E-state index in [1.54, 1.807) is 29.2 Å². The van der Waals surface area contributed by atoms with Crippen LogP contribution >= 0.6 is 0 Å². The molecule has 13 nitrogen and oxygen atoms in total. The van der Waals surface area contributed by atoms with Crippen LogP contribution in [0.5, 0.6) is 0 Å². The number of ketones is 1. The minimum atomic E-state index is -0.647. The number of benzene rings is 1. The molecule has 0 spiro atoms. The minimum Gasteiger partial charge on any atom is -0.445 e. The number of nitrogens with two attached hydrogens (primary N) is 1. The van der Waals surface area contributed by atoms with Crippen molar-refractivity contribution < 1.29 is 33.5 Å². The van der Waals surface area contributed by atoms with Crippen LogP contribution in [0.15, 0.2) is 36.4 Å². The summed E-state index contributed by atoms with van der Waals surface area (Å²) in [7, 11) is 0. The summed E-state index contributed by atoms with van der Waals surface area (Å²) in [5, 5.41) is 8.96. The number of ether oxygens (including phenoxy) is 1. The van der Waals surface area contributed by atoms with Crippen LogP contribution in [0.4, 0.5) is 15.3 Å². The van der Waals surface area contributed by atoms with E-state index in [9.17, 15) is 28.8 Å². The van der Waals surface area contributed by atoms with Gasteiger partial charge >= 0.3 is 12.1 Å². The summed E-state index contributed by atoms with van der Waals surface area (Å²) in [6.45, 7) is 14.9. The Hall–Kier alpha value is -4.26. The molecule has 1 aromatic carbocycles. The van der Waals surface area contributed by atoms with Gasteiger partial charge in [-0.2, -0.15) is 0 Å². The maximum absolute atomic E-state index is 13.7. The molecule has 0 bridgehead atoms. The molecule has 13 heteroatoms. The van der Waals surface area contributed by atoms with Gasteiger partial charge in [-0.1, -0.05) is 59.6 Å². The standard InChI is InChI=1S/C40H62N6O7/c1-27(2)36(43-28(3)11-8-7-9-22-46-34(48)17-18-35(46)49)33(47)25-30(12-10-21-42-38(41)51)37(50)44-32-15-13-29(14-16-32)26-53-39(52)45-23-19-31(20-24-45)40(4,5)6/h13-18,27-28,30-31,36,43H,7-12,19-26H2,1-6H3,(H,44,50)(H3,41,42,51)/t28?,30-,36+/m1/s1. The summed E-state index contributed by atoms with van der Waals surface area (Å²) in [4.78, 5) is 77.7. The predicted octanol–water partition coefficient (Wildman–Crippen LogP) is 5.53. The van der Waals surface area contributed by atoms with Gasteiger partial charge in [0.2, 0.25) is 5.91 Å². The third kappa shape index (κ3) is 14.6. The smallest absolute Gasteiger partial charge is 0.410 e. The van der Waals surface area contributed by atoms with Crippen molar-refractivity contribution in [1.82, 2.24) is 20.4 Å². The summed E-state index contributed by atoms with van der Waals surface area (Å²) in [5.41, 5.74) is 6.79. The van der Waals surface area contributed by atoms with E-state index < -0.39 is 18.0 Å². The lowest BCUT2D eigenvalue weighted by Gasteiger charge is -2.38. The first-order valence-corrected chi connectivity index (χ1v) is 19.2. The van der Waals surface area contributed by atoms with Gasteiger partial charge in [0.05, 0.1) is 6.04 Å². The lowest BCUT2D eigenvalue weighted by molar-refractivity contribution is -0.136. The molecule has 1 saturated heterocycles. The van der Waals surface area contributed by atoms with E-state index >= 15 is 0 Å². The number of nitrogens with one attached hydrogen (secondary N) is 3. The van der Waals surface area contributed by atoms with E-state index in [4.69, 9.17) is 10.5 Å². The van der Waals surface area contributed by atoms with E-state index in [0.29, 0.717) is 50.5 Å². The van der Waals surface area contributed by atoms with E-state index in [2.05, 4.69) is 36.7 Å². The van der Waals surface area contributed by atoms with Gasteiger partial charge in [-0.05, 0) is 80.4 Å². The molecule has 1 fully saturated rings. The maximum atomic E-state index is 13.7. The fourth-order valence-electron chi connectivity index (χ4n) is 6.94. The van der Waals surface area contributed by atoms with Gasteiger partial charge in [0, 0.05) is 62.4 Å². The summed E-state index contributed by atoms with van der Waals surface area (Å²) >= 11 is 0. The number of rotatable bonds is 20. The van der Waals surface area contributed by atoms with Gasteiger partial charge in [-0.15, -0.1) is 0 Å². The van der Waals surface area contributed by atoms with Crippen molar-refractivity contribution in [2.24, 2.45) is 28.9 Å². The molecule has 3 atom stereocenters. The molecule has 3 rings (SSSR count). The zero-order valence-corrected chi connectivity index (χ0v) is 32.6. The van der Waals surface area contributed by atoms with Crippen molar-refractivity contribution in [2.75, 3.05) is 31.5 Å². The zero-order chi connectivity index (χ0) is 39.1. The molecule has 1 aromatic rings. The fraction of sp³-hybridized carbons (Fsp3) is 0.650. The first-order chi connectivity index (χ1) is 25.0. The van der Waals surface area contributed by atoms with Crippen LogP contribution in [-0.4, -0.2) is 83.7 Å². The average molecular weight is 739 g/mol. The van der Waals surface area contributed by atoms with Gasteiger partial charge in [0.1, 0.15) is 6.61 Å². The molecule has 6 amide bonds. The van der Waals surface area contributed by atoms with E-state index in [-0.39, 0.29) is 66.5 Å². The number of unbranched alkanes of at least 4 members (excludes halogenated alkanes) is 2. The SMILES string of the molecule is CC(CCCCCN1C(=O)C=CC1=O)N[C@H](C(=O)C[C@@H](CCCNC(N)=O)C(=O)Nc1ccc(COC(=O)N2CCC(C(C)(C)C)CC2)cc1)C(C)C. The van der Waals surface area contributed by atoms with Gasteiger partial charge in [0.25, 0.3) is 11.8 Å². The second kappa shape index (κ2) is 20.8. The Labute approximate surface area is 315 Å². The van der Waals surface area contributed by atoms with Crippen LogP contribution in [-0.2, 0) is 30.5 Å². The minimum absolute atomic E-state index is 0.0122. The molecule has 2 aliphatic rings. The molecule has 294 valence electrons. The van der Waals surface area contributed by atoms with Crippen LogP contribution in [0.25, 0.3) is 0 Å². The third-order valence-electron chi connectivity index (χ3n) is 10.3. The van der Waals surface area contributed by atoms with Crippen molar-refractivity contribution in [3.63, 3.8) is 0 Å². The second-order valence-electron chi connectivity index (χ2n) is 16.0. The summed E-state index contributed by atoms with van der Waals surface area (Å²) in [6, 6.07) is 6.03. The molecule has 0 aliphatic carbocycles. The number of imide groups is 1. The van der Waals surface area contributed by atoms with Crippen LogP contribution in [0.3, 0.4) is 0 Å². The zero-order valence-electron chi connectivity index (χ0n) is 32.6. The predicted molar refractivity (Wildman–Crippen MR) is 204 cm³/mol. The lowest BCUT2D eigenvalue weighted by Crippen LogP contribution is -2.46.